The molecule has 0 aliphatic carbocycles. The van der Waals surface area contributed by atoms with Crippen LogP contribution in [0.2, 0.25) is 0 Å². The van der Waals surface area contributed by atoms with E-state index in [-0.39, 0.29) is 17.3 Å². The molecule has 30 heavy (non-hydrogen) atoms. The van der Waals surface area contributed by atoms with Crippen molar-refractivity contribution in [3.8, 4) is 17.2 Å². The van der Waals surface area contributed by atoms with Crippen molar-refractivity contribution in [1.82, 2.24) is 19.8 Å². The molecule has 0 aliphatic heterocycles. The monoisotopic (exact) mass is 409 g/mol. The molecule has 157 valence electrons. The third-order valence-corrected chi connectivity index (χ3v) is 4.55. The van der Waals surface area contributed by atoms with E-state index in [0.717, 1.165) is 0 Å². The second kappa shape index (κ2) is 9.41. The van der Waals surface area contributed by atoms with Crippen LogP contribution in [0.5, 0.6) is 11.5 Å². The minimum Gasteiger partial charge on any atom is -0.497 e. The Hall–Kier alpha value is -3.39. The maximum atomic E-state index is 13.3. The van der Waals surface area contributed by atoms with Gasteiger partial charge in [-0.1, -0.05) is 0 Å². The summed E-state index contributed by atoms with van der Waals surface area (Å²) in [6.45, 7) is 1.19. The number of hydrogen-bond acceptors (Lipinski definition) is 6. The summed E-state index contributed by atoms with van der Waals surface area (Å²) in [5, 5.41) is 3.21. The average molecular weight is 409 g/mol. The van der Waals surface area contributed by atoms with Crippen LogP contribution in [-0.4, -0.2) is 61.8 Å². The molecule has 0 spiro atoms. The fourth-order valence-electron chi connectivity index (χ4n) is 2.96. The van der Waals surface area contributed by atoms with E-state index >= 15 is 0 Å². The van der Waals surface area contributed by atoms with Gasteiger partial charge in [-0.2, -0.15) is 0 Å². The maximum absolute atomic E-state index is 13.3. The summed E-state index contributed by atoms with van der Waals surface area (Å²) in [6, 6.07) is 12.1. The zero-order valence-corrected chi connectivity index (χ0v) is 17.5. The van der Waals surface area contributed by atoms with Crippen molar-refractivity contribution in [3.05, 3.63) is 65.1 Å². The third kappa shape index (κ3) is 4.77. The van der Waals surface area contributed by atoms with Gasteiger partial charge in [0.25, 0.3) is 5.56 Å². The van der Waals surface area contributed by atoms with Gasteiger partial charge in [-0.25, -0.2) is 4.98 Å². The van der Waals surface area contributed by atoms with Crippen LogP contribution in [0.3, 0.4) is 0 Å². The first kappa shape index (κ1) is 21.3. The zero-order chi connectivity index (χ0) is 21.7. The number of methoxy groups -OCH3 is 2. The summed E-state index contributed by atoms with van der Waals surface area (Å²) in [7, 11) is 6.96. The van der Waals surface area contributed by atoms with Crippen molar-refractivity contribution >= 4 is 16.8 Å². The second-order valence-electron chi connectivity index (χ2n) is 6.93. The van der Waals surface area contributed by atoms with Crippen molar-refractivity contribution in [2.75, 3.05) is 41.4 Å². The Morgan fingerprint density at radius 1 is 1.10 bits per heavy atom. The molecule has 8 heteroatoms. The Morgan fingerprint density at radius 2 is 1.77 bits per heavy atom. The molecule has 0 unspecified atom stereocenters. The predicted molar refractivity (Wildman–Crippen MR) is 115 cm³/mol. The number of rotatable bonds is 8. The molecule has 0 fully saturated rings. The number of aromatic nitrogens is 2. The van der Waals surface area contributed by atoms with Crippen LogP contribution in [0, 0.1) is 6.42 Å². The van der Waals surface area contributed by atoms with Crippen molar-refractivity contribution in [1.29, 1.82) is 0 Å². The van der Waals surface area contributed by atoms with Gasteiger partial charge in [-0.05, 0) is 56.6 Å². The van der Waals surface area contributed by atoms with E-state index in [1.807, 2.05) is 19.0 Å². The molecule has 0 bridgehead atoms. The lowest BCUT2D eigenvalue weighted by Gasteiger charge is -2.15. The molecule has 1 amide bonds. The number of likely N-dealkylation sites (N-methyl/N-ethyl adjacent to an activating group) is 1. The molecule has 0 saturated heterocycles. The van der Waals surface area contributed by atoms with Crippen molar-refractivity contribution < 1.29 is 14.3 Å². The highest BCUT2D eigenvalue weighted by molar-refractivity contribution is 5.88. The van der Waals surface area contributed by atoms with E-state index in [1.165, 1.54) is 18.1 Å². The van der Waals surface area contributed by atoms with Crippen LogP contribution >= 0.6 is 0 Å². The Morgan fingerprint density at radius 3 is 2.40 bits per heavy atom. The number of ether oxygens (including phenoxy) is 2. The fourth-order valence-corrected chi connectivity index (χ4v) is 2.96. The highest BCUT2D eigenvalue weighted by atomic mass is 16.5. The van der Waals surface area contributed by atoms with Crippen molar-refractivity contribution in [2.24, 2.45) is 0 Å². The molecule has 0 atom stereocenters. The number of fused-ring (bicyclic) bond motifs is 1. The zero-order valence-electron chi connectivity index (χ0n) is 17.5. The molecule has 8 nitrogen and oxygen atoms in total. The highest BCUT2D eigenvalue weighted by Crippen LogP contribution is 2.20. The summed E-state index contributed by atoms with van der Waals surface area (Å²) < 4.78 is 11.9. The second-order valence-corrected chi connectivity index (χ2v) is 6.93. The molecule has 1 N–H and O–H groups in total. The van der Waals surface area contributed by atoms with Crippen LogP contribution in [-0.2, 0) is 4.79 Å². The third-order valence-electron chi connectivity index (χ3n) is 4.55. The van der Waals surface area contributed by atoms with Gasteiger partial charge in [0.05, 0.1) is 30.8 Å². The lowest BCUT2D eigenvalue weighted by molar-refractivity contribution is -0.117. The molecular weight excluding hydrogens is 384 g/mol. The minimum absolute atomic E-state index is 0.241. The van der Waals surface area contributed by atoms with Crippen molar-refractivity contribution in [2.45, 2.75) is 0 Å². The van der Waals surface area contributed by atoms with Gasteiger partial charge >= 0.3 is 0 Å². The van der Waals surface area contributed by atoms with E-state index in [0.29, 0.717) is 41.2 Å². The maximum Gasteiger partial charge on any atom is 0.266 e. The van der Waals surface area contributed by atoms with E-state index in [1.54, 1.807) is 49.6 Å². The lowest BCUT2D eigenvalue weighted by atomic mass is 10.2. The van der Waals surface area contributed by atoms with Crippen molar-refractivity contribution in [3.63, 3.8) is 0 Å². The van der Waals surface area contributed by atoms with E-state index < -0.39 is 0 Å². The van der Waals surface area contributed by atoms with E-state index in [2.05, 4.69) is 10.3 Å². The van der Waals surface area contributed by atoms with Gasteiger partial charge < -0.3 is 19.7 Å². The highest BCUT2D eigenvalue weighted by Gasteiger charge is 2.17. The number of hydrogen-bond donors (Lipinski definition) is 1. The SMILES string of the molecule is COc1ccc(-n2c([CH]C(=O)NCCN(C)C)nc3ccc(OC)cc3c2=O)cc1. The van der Waals surface area contributed by atoms with Gasteiger partial charge in [0.1, 0.15) is 23.7 Å². The summed E-state index contributed by atoms with van der Waals surface area (Å²) in [4.78, 5) is 32.3. The van der Waals surface area contributed by atoms with Crippen LogP contribution in [0.1, 0.15) is 5.82 Å². The Labute approximate surface area is 175 Å². The molecule has 1 aromatic heterocycles. The smallest absolute Gasteiger partial charge is 0.266 e. The molecule has 3 aromatic rings. The molecule has 1 radical (unpaired) electrons. The number of nitrogens with zero attached hydrogens (tertiary/aromatic N) is 3. The molecule has 0 saturated carbocycles. The summed E-state index contributed by atoms with van der Waals surface area (Å²) >= 11 is 0. The normalized spacial score (nSPS) is 11.0. The molecule has 3 rings (SSSR count). The molecule has 2 aromatic carbocycles. The largest absolute Gasteiger partial charge is 0.497 e. The van der Waals surface area contributed by atoms with Crippen LogP contribution in [0.25, 0.3) is 16.6 Å². The van der Waals surface area contributed by atoms with Gasteiger partial charge in [-0.3, -0.25) is 14.2 Å². The summed E-state index contributed by atoms with van der Waals surface area (Å²) in [5.74, 6) is 1.14. The Balaban J connectivity index is 2.06. The quantitative estimate of drug-likeness (QED) is 0.609. The fraction of sp³-hybridized carbons (Fsp3) is 0.273. The number of carbonyl (C=O) groups is 1. The molecular formula is C22H25N4O4. The number of nitrogens with one attached hydrogen (secondary N) is 1. The Kier molecular flexibility index (Phi) is 6.68. The van der Waals surface area contributed by atoms with Gasteiger partial charge in [0.15, 0.2) is 0 Å². The lowest BCUT2D eigenvalue weighted by Crippen LogP contribution is -2.33. The topological polar surface area (TPSA) is 85.7 Å². The summed E-state index contributed by atoms with van der Waals surface area (Å²) in [6.07, 6.45) is 1.34. The van der Waals surface area contributed by atoms with Crippen LogP contribution < -0.4 is 20.3 Å². The average Bonchev–Trinajstić information content (AvgIpc) is 2.73. The number of benzene rings is 2. The van der Waals surface area contributed by atoms with E-state index in [4.69, 9.17) is 9.47 Å². The summed E-state index contributed by atoms with van der Waals surface area (Å²) in [5.41, 5.74) is 0.764. The van der Waals surface area contributed by atoms with Gasteiger partial charge in [-0.15, -0.1) is 0 Å². The minimum atomic E-state index is -0.320. The number of carbonyl (C=O) groups excluding carboxylic acids is 1. The first-order valence-corrected chi connectivity index (χ1v) is 9.45. The first-order valence-electron chi connectivity index (χ1n) is 9.45. The Bertz CT molecular complexity index is 1090. The molecule has 0 aliphatic rings. The predicted octanol–water partition coefficient (Wildman–Crippen LogP) is 1.63. The number of amides is 1. The van der Waals surface area contributed by atoms with Gasteiger partial charge in [0, 0.05) is 13.1 Å². The van der Waals surface area contributed by atoms with Gasteiger partial charge in [0.2, 0.25) is 5.91 Å². The van der Waals surface area contributed by atoms with E-state index in [9.17, 15) is 9.59 Å². The van der Waals surface area contributed by atoms with Crippen LogP contribution in [0.4, 0.5) is 0 Å². The first-order chi connectivity index (χ1) is 14.4. The standard InChI is InChI=1S/C22H25N4O4/c1-25(2)12-11-23-21(27)14-20-24-19-10-9-17(30-4)13-18(19)22(28)26(20)15-5-7-16(29-3)8-6-15/h5-10,13-14H,11-12H2,1-4H3,(H,23,27). The van der Waals surface area contributed by atoms with Crippen LogP contribution in [0.15, 0.2) is 47.3 Å². The molecule has 1 heterocycles.